The number of benzene rings is 1. The minimum atomic E-state index is -4.49. The number of carbonyl (C=O) groups is 1. The predicted molar refractivity (Wildman–Crippen MR) is 77.2 cm³/mol. The lowest BCUT2D eigenvalue weighted by Gasteiger charge is -2.31. The van der Waals surface area contributed by atoms with E-state index >= 15 is 0 Å². The standard InChI is InChI=1S/C14H16F3NO5S/c15-14(16,17)9-23-10-4-6-11(7-5-10)24(21,22)18-8-2-1-3-12(18)13(19)20/h4-7,12H,1-3,8-9H2,(H,19,20). The Labute approximate surface area is 136 Å². The smallest absolute Gasteiger partial charge is 0.422 e. The first-order valence-corrected chi connectivity index (χ1v) is 8.59. The molecule has 1 N–H and O–H groups in total. The van der Waals surface area contributed by atoms with E-state index in [9.17, 15) is 31.5 Å². The Bertz CT molecular complexity index is 687. The van der Waals surface area contributed by atoms with Gasteiger partial charge in [-0.05, 0) is 43.5 Å². The van der Waals surface area contributed by atoms with E-state index in [1.54, 1.807) is 0 Å². The molecule has 0 aliphatic carbocycles. The van der Waals surface area contributed by atoms with E-state index in [1.165, 1.54) is 0 Å². The van der Waals surface area contributed by atoms with E-state index in [0.29, 0.717) is 12.8 Å². The van der Waals surface area contributed by atoms with Crippen LogP contribution in [0.5, 0.6) is 5.75 Å². The summed E-state index contributed by atoms with van der Waals surface area (Å²) in [6, 6.07) is 3.30. The lowest BCUT2D eigenvalue weighted by atomic mass is 10.1. The molecule has 24 heavy (non-hydrogen) atoms. The monoisotopic (exact) mass is 367 g/mol. The van der Waals surface area contributed by atoms with Gasteiger partial charge in [-0.3, -0.25) is 4.79 Å². The second-order valence-electron chi connectivity index (χ2n) is 5.34. The normalized spacial score (nSPS) is 19.9. The molecule has 10 heteroatoms. The topological polar surface area (TPSA) is 83.9 Å². The van der Waals surface area contributed by atoms with Crippen molar-refractivity contribution in [1.82, 2.24) is 4.31 Å². The number of piperidine rings is 1. The fourth-order valence-electron chi connectivity index (χ4n) is 2.45. The van der Waals surface area contributed by atoms with Crippen LogP contribution in [0, 0.1) is 0 Å². The first-order chi connectivity index (χ1) is 11.1. The Morgan fingerprint density at radius 1 is 1.25 bits per heavy atom. The maximum atomic E-state index is 12.6. The molecule has 1 heterocycles. The van der Waals surface area contributed by atoms with Crippen molar-refractivity contribution < 1.29 is 36.2 Å². The van der Waals surface area contributed by atoms with Gasteiger partial charge in [0.05, 0.1) is 4.90 Å². The van der Waals surface area contributed by atoms with Gasteiger partial charge >= 0.3 is 12.1 Å². The highest BCUT2D eigenvalue weighted by Gasteiger charge is 2.37. The zero-order chi connectivity index (χ0) is 18.0. The van der Waals surface area contributed by atoms with E-state index in [1.807, 2.05) is 0 Å². The summed E-state index contributed by atoms with van der Waals surface area (Å²) in [6.45, 7) is -1.39. The lowest BCUT2D eigenvalue weighted by molar-refractivity contribution is -0.153. The molecular weight excluding hydrogens is 351 g/mol. The quantitative estimate of drug-likeness (QED) is 0.863. The van der Waals surface area contributed by atoms with Crippen molar-refractivity contribution in [1.29, 1.82) is 0 Å². The van der Waals surface area contributed by atoms with Gasteiger partial charge in [-0.15, -0.1) is 0 Å². The van der Waals surface area contributed by atoms with Gasteiger partial charge in [0.15, 0.2) is 6.61 Å². The van der Waals surface area contributed by atoms with Crippen LogP contribution in [-0.2, 0) is 14.8 Å². The SMILES string of the molecule is O=C(O)C1CCCCN1S(=O)(=O)c1ccc(OCC(F)(F)F)cc1. The highest BCUT2D eigenvalue weighted by atomic mass is 32.2. The number of hydrogen-bond acceptors (Lipinski definition) is 4. The van der Waals surface area contributed by atoms with E-state index < -0.39 is 34.8 Å². The van der Waals surface area contributed by atoms with Crippen LogP contribution in [0.4, 0.5) is 13.2 Å². The van der Waals surface area contributed by atoms with Crippen molar-refractivity contribution in [3.8, 4) is 5.75 Å². The summed E-state index contributed by atoms with van der Waals surface area (Å²) < 4.78 is 66.8. The highest BCUT2D eigenvalue weighted by Crippen LogP contribution is 2.27. The fraction of sp³-hybridized carbons (Fsp3) is 0.500. The molecule has 6 nitrogen and oxygen atoms in total. The van der Waals surface area contributed by atoms with Crippen molar-refractivity contribution in [2.45, 2.75) is 36.4 Å². The molecule has 0 radical (unpaired) electrons. The maximum absolute atomic E-state index is 12.6. The second kappa shape index (κ2) is 6.98. The van der Waals surface area contributed by atoms with Crippen molar-refractivity contribution >= 4 is 16.0 Å². The van der Waals surface area contributed by atoms with E-state index in [4.69, 9.17) is 0 Å². The molecular formula is C14H16F3NO5S. The van der Waals surface area contributed by atoms with Crippen LogP contribution in [0.3, 0.4) is 0 Å². The van der Waals surface area contributed by atoms with Gasteiger partial charge in [0.2, 0.25) is 10.0 Å². The van der Waals surface area contributed by atoms with Crippen LogP contribution in [0.15, 0.2) is 29.2 Å². The third-order valence-corrected chi connectivity index (χ3v) is 5.49. The number of carboxylic acids is 1. The molecule has 1 unspecified atom stereocenters. The molecule has 1 aromatic carbocycles. The van der Waals surface area contributed by atoms with Gasteiger partial charge in [-0.25, -0.2) is 8.42 Å². The highest BCUT2D eigenvalue weighted by molar-refractivity contribution is 7.89. The number of nitrogens with zero attached hydrogens (tertiary/aromatic N) is 1. The van der Waals surface area contributed by atoms with Crippen LogP contribution < -0.4 is 4.74 Å². The van der Waals surface area contributed by atoms with Gasteiger partial charge in [-0.1, -0.05) is 0 Å². The second-order valence-corrected chi connectivity index (χ2v) is 7.23. The minimum absolute atomic E-state index is 0.0889. The van der Waals surface area contributed by atoms with E-state index in [-0.39, 0.29) is 23.6 Å². The molecule has 1 aromatic rings. The Morgan fingerprint density at radius 3 is 2.42 bits per heavy atom. The van der Waals surface area contributed by atoms with Crippen LogP contribution in [0.1, 0.15) is 19.3 Å². The van der Waals surface area contributed by atoms with Crippen molar-refractivity contribution in [2.75, 3.05) is 13.2 Å². The first-order valence-electron chi connectivity index (χ1n) is 7.15. The lowest BCUT2D eigenvalue weighted by Crippen LogP contribution is -2.47. The summed E-state index contributed by atoms with van der Waals surface area (Å²) >= 11 is 0. The number of halogens is 3. The number of hydrogen-bond donors (Lipinski definition) is 1. The minimum Gasteiger partial charge on any atom is -0.484 e. The molecule has 1 atom stereocenters. The average molecular weight is 367 g/mol. The summed E-state index contributed by atoms with van der Waals surface area (Å²) in [5.41, 5.74) is 0. The Balaban J connectivity index is 2.18. The third kappa shape index (κ3) is 4.38. The molecule has 1 saturated heterocycles. The molecule has 1 fully saturated rings. The summed E-state index contributed by atoms with van der Waals surface area (Å²) in [4.78, 5) is 11.1. The zero-order valence-electron chi connectivity index (χ0n) is 12.5. The number of rotatable bonds is 5. The summed E-state index contributed by atoms with van der Waals surface area (Å²) in [6.07, 6.45) is -3.10. The number of carboxylic acid groups (broad SMARTS) is 1. The largest absolute Gasteiger partial charge is 0.484 e. The van der Waals surface area contributed by atoms with Gasteiger partial charge in [0, 0.05) is 6.54 Å². The fourth-order valence-corrected chi connectivity index (χ4v) is 4.10. The Morgan fingerprint density at radius 2 is 1.88 bits per heavy atom. The molecule has 1 aliphatic heterocycles. The summed E-state index contributed by atoms with van der Waals surface area (Å²) in [5.74, 6) is -1.34. The van der Waals surface area contributed by atoms with Crippen molar-refractivity contribution in [3.63, 3.8) is 0 Å². The number of sulfonamides is 1. The van der Waals surface area contributed by atoms with Crippen LogP contribution in [0.25, 0.3) is 0 Å². The van der Waals surface area contributed by atoms with Crippen LogP contribution in [-0.4, -0.2) is 49.2 Å². The van der Waals surface area contributed by atoms with Crippen LogP contribution in [0.2, 0.25) is 0 Å². The van der Waals surface area contributed by atoms with Gasteiger partial charge in [-0.2, -0.15) is 17.5 Å². The molecule has 1 aliphatic rings. The number of alkyl halides is 3. The van der Waals surface area contributed by atoms with Crippen molar-refractivity contribution in [2.24, 2.45) is 0 Å². The number of aliphatic carboxylic acids is 1. The molecule has 134 valence electrons. The predicted octanol–water partition coefficient (Wildman–Crippen LogP) is 2.26. The first kappa shape index (κ1) is 18.5. The molecule has 0 amide bonds. The Kier molecular flexibility index (Phi) is 5.38. The zero-order valence-corrected chi connectivity index (χ0v) is 13.3. The molecule has 2 rings (SSSR count). The van der Waals surface area contributed by atoms with Crippen molar-refractivity contribution in [3.05, 3.63) is 24.3 Å². The Hall–Kier alpha value is -1.81. The number of ether oxygens (including phenoxy) is 1. The molecule has 0 bridgehead atoms. The van der Waals surface area contributed by atoms with Gasteiger partial charge in [0.1, 0.15) is 11.8 Å². The van der Waals surface area contributed by atoms with Crippen LogP contribution >= 0.6 is 0 Å². The average Bonchev–Trinajstić information content (AvgIpc) is 2.52. The third-order valence-electron chi connectivity index (χ3n) is 3.57. The molecule has 0 spiro atoms. The van der Waals surface area contributed by atoms with Gasteiger partial charge < -0.3 is 9.84 Å². The summed E-state index contributed by atoms with van der Waals surface area (Å²) in [7, 11) is -4.04. The maximum Gasteiger partial charge on any atom is 0.422 e. The molecule has 0 saturated carbocycles. The van der Waals surface area contributed by atoms with Gasteiger partial charge in [0.25, 0.3) is 0 Å². The summed E-state index contributed by atoms with van der Waals surface area (Å²) in [5, 5.41) is 9.18. The van der Waals surface area contributed by atoms with E-state index in [0.717, 1.165) is 28.6 Å². The van der Waals surface area contributed by atoms with E-state index in [2.05, 4.69) is 4.74 Å². The molecule has 0 aromatic heterocycles.